The molecule has 13 heavy (non-hydrogen) atoms. The van der Waals surface area contributed by atoms with Gasteiger partial charge in [0.1, 0.15) is 7.28 Å². The maximum atomic E-state index is 2.35. The van der Waals surface area contributed by atoms with Crippen molar-refractivity contribution in [3.8, 4) is 0 Å². The van der Waals surface area contributed by atoms with Crippen LogP contribution in [0, 0.1) is 5.92 Å². The minimum absolute atomic E-state index is 0.908. The van der Waals surface area contributed by atoms with E-state index in [9.17, 15) is 0 Å². The van der Waals surface area contributed by atoms with Crippen molar-refractivity contribution in [3.05, 3.63) is 0 Å². The Bertz CT molecular complexity index is 112. The zero-order valence-corrected chi connectivity index (χ0v) is 9.52. The molecule has 0 radical (unpaired) electrons. The summed E-state index contributed by atoms with van der Waals surface area (Å²) >= 11 is 0. The van der Waals surface area contributed by atoms with E-state index in [-0.39, 0.29) is 0 Å². The summed E-state index contributed by atoms with van der Waals surface area (Å²) < 4.78 is 0. The summed E-state index contributed by atoms with van der Waals surface area (Å²) in [5.74, 6) is 1.98. The molecule has 1 heteroatoms. The van der Waals surface area contributed by atoms with Crippen LogP contribution in [-0.4, -0.2) is 7.28 Å². The van der Waals surface area contributed by atoms with E-state index >= 15 is 0 Å². The Morgan fingerprint density at radius 1 is 1.00 bits per heavy atom. The molecule has 0 bridgehead atoms. The lowest BCUT2D eigenvalue weighted by atomic mass is 9.59. The second-order valence-electron chi connectivity index (χ2n) is 5.18. The highest BCUT2D eigenvalue weighted by Gasteiger charge is 2.12. The largest absolute Gasteiger partial charge is 0.123 e. The first-order chi connectivity index (χ1) is 6.29. The highest BCUT2D eigenvalue weighted by atomic mass is 14.1. The average molecular weight is 180 g/mol. The molecule has 0 atom stereocenters. The fourth-order valence-corrected chi connectivity index (χ4v) is 2.40. The number of hydrogen-bond donors (Lipinski definition) is 0. The van der Waals surface area contributed by atoms with Crippen LogP contribution in [0.4, 0.5) is 0 Å². The van der Waals surface area contributed by atoms with Crippen LogP contribution in [0.5, 0.6) is 0 Å². The van der Waals surface area contributed by atoms with E-state index < -0.39 is 0 Å². The van der Waals surface area contributed by atoms with Gasteiger partial charge in [0.25, 0.3) is 0 Å². The van der Waals surface area contributed by atoms with Gasteiger partial charge >= 0.3 is 0 Å². The molecule has 1 rings (SSSR count). The molecule has 0 aliphatic heterocycles. The van der Waals surface area contributed by atoms with E-state index in [1.165, 1.54) is 58.5 Å². The molecule has 0 aromatic rings. The molecule has 1 aliphatic carbocycles. The Balaban J connectivity index is 2.14. The maximum absolute atomic E-state index is 2.35. The van der Waals surface area contributed by atoms with E-state index in [1.807, 2.05) is 0 Å². The first-order valence-electron chi connectivity index (χ1n) is 6.29. The molecular formula is C12H25B. The van der Waals surface area contributed by atoms with Gasteiger partial charge in [-0.05, 0) is 5.92 Å². The summed E-state index contributed by atoms with van der Waals surface area (Å²) in [6, 6.07) is 0. The van der Waals surface area contributed by atoms with Crippen molar-refractivity contribution in [1.82, 2.24) is 0 Å². The van der Waals surface area contributed by atoms with Crippen molar-refractivity contribution in [3.63, 3.8) is 0 Å². The van der Waals surface area contributed by atoms with Crippen molar-refractivity contribution in [2.45, 2.75) is 70.9 Å². The zero-order valence-electron chi connectivity index (χ0n) is 9.52. The van der Waals surface area contributed by atoms with Gasteiger partial charge < -0.3 is 0 Å². The Kier molecular flexibility index (Phi) is 5.58. The molecule has 0 heterocycles. The average Bonchev–Trinajstić information content (AvgIpc) is 2.01. The normalized spacial score (nSPS) is 21.2. The zero-order chi connectivity index (χ0) is 9.52. The second-order valence-corrected chi connectivity index (χ2v) is 5.18. The lowest BCUT2D eigenvalue weighted by Gasteiger charge is -2.19. The molecule has 76 valence electrons. The smallest absolute Gasteiger partial charge is 0.0744 e. The monoisotopic (exact) mass is 180 g/mol. The number of rotatable bonds is 3. The van der Waals surface area contributed by atoms with Crippen LogP contribution >= 0.6 is 0 Å². The summed E-state index contributed by atoms with van der Waals surface area (Å²) in [4.78, 5) is 0. The quantitative estimate of drug-likeness (QED) is 0.575. The van der Waals surface area contributed by atoms with Crippen molar-refractivity contribution in [1.29, 1.82) is 0 Å². The van der Waals surface area contributed by atoms with Gasteiger partial charge in [0.05, 0.1) is 0 Å². The van der Waals surface area contributed by atoms with Gasteiger partial charge in [-0.3, -0.25) is 0 Å². The fraction of sp³-hybridized carbons (Fsp3) is 1.00. The van der Waals surface area contributed by atoms with Crippen LogP contribution in [0.25, 0.3) is 0 Å². The van der Waals surface area contributed by atoms with Crippen molar-refractivity contribution in [2.75, 3.05) is 0 Å². The van der Waals surface area contributed by atoms with Crippen LogP contribution < -0.4 is 0 Å². The van der Waals surface area contributed by atoms with Crippen LogP contribution in [0.2, 0.25) is 12.1 Å². The Labute approximate surface area is 84.7 Å². The predicted octanol–water partition coefficient (Wildman–Crippen LogP) is 4.03. The van der Waals surface area contributed by atoms with Gasteiger partial charge in [0.2, 0.25) is 0 Å². The summed E-state index contributed by atoms with van der Waals surface area (Å²) in [5.41, 5.74) is 0. The standard InChI is InChI=1S/C12H25B/c1-11(2)13-10-12-8-6-4-3-5-7-9-12/h11-13H,3-10H2,1-2H3. The summed E-state index contributed by atoms with van der Waals surface area (Å²) in [5, 5.41) is 0. The van der Waals surface area contributed by atoms with Crippen molar-refractivity contribution in [2.24, 2.45) is 5.92 Å². The third-order valence-corrected chi connectivity index (χ3v) is 3.38. The Morgan fingerprint density at radius 2 is 1.54 bits per heavy atom. The highest BCUT2D eigenvalue weighted by molar-refractivity contribution is 6.37. The molecule has 0 aromatic heterocycles. The Hall–Kier alpha value is 0.0649. The van der Waals surface area contributed by atoms with Gasteiger partial charge in [-0.1, -0.05) is 70.9 Å². The van der Waals surface area contributed by atoms with E-state index in [1.54, 1.807) is 0 Å². The second kappa shape index (κ2) is 6.51. The van der Waals surface area contributed by atoms with E-state index in [0.717, 1.165) is 11.7 Å². The lowest BCUT2D eigenvalue weighted by molar-refractivity contribution is 0.402. The van der Waals surface area contributed by atoms with Gasteiger partial charge in [0, 0.05) is 0 Å². The van der Waals surface area contributed by atoms with Crippen molar-refractivity contribution >= 4 is 7.28 Å². The minimum atomic E-state index is 0.908. The van der Waals surface area contributed by atoms with E-state index in [0.29, 0.717) is 0 Å². The summed E-state index contributed by atoms with van der Waals surface area (Å²) in [7, 11) is 1.45. The lowest BCUT2D eigenvalue weighted by Crippen LogP contribution is -2.08. The van der Waals surface area contributed by atoms with Gasteiger partial charge in [-0.25, -0.2) is 0 Å². The summed E-state index contributed by atoms with van der Waals surface area (Å²) in [6.07, 6.45) is 12.0. The molecule has 0 nitrogen and oxygen atoms in total. The molecular weight excluding hydrogens is 155 g/mol. The fourth-order valence-electron chi connectivity index (χ4n) is 2.40. The topological polar surface area (TPSA) is 0 Å². The molecule has 1 saturated carbocycles. The van der Waals surface area contributed by atoms with Crippen molar-refractivity contribution < 1.29 is 0 Å². The first-order valence-corrected chi connectivity index (χ1v) is 6.29. The van der Waals surface area contributed by atoms with E-state index in [2.05, 4.69) is 13.8 Å². The third-order valence-electron chi connectivity index (χ3n) is 3.38. The van der Waals surface area contributed by atoms with Crippen LogP contribution in [0.15, 0.2) is 0 Å². The van der Waals surface area contributed by atoms with Crippen LogP contribution in [0.3, 0.4) is 0 Å². The summed E-state index contributed by atoms with van der Waals surface area (Å²) in [6.45, 7) is 4.70. The number of hydrogen-bond acceptors (Lipinski definition) is 0. The molecule has 0 saturated heterocycles. The molecule has 0 amide bonds. The van der Waals surface area contributed by atoms with Gasteiger partial charge in [-0.15, -0.1) is 0 Å². The molecule has 0 aromatic carbocycles. The van der Waals surface area contributed by atoms with Crippen LogP contribution in [-0.2, 0) is 0 Å². The van der Waals surface area contributed by atoms with Crippen LogP contribution in [0.1, 0.15) is 58.8 Å². The first kappa shape index (κ1) is 11.1. The molecule has 0 N–H and O–H groups in total. The Morgan fingerprint density at radius 3 is 2.08 bits per heavy atom. The SMILES string of the molecule is CC(C)BCC1CCCCCCC1. The molecule has 1 aliphatic rings. The predicted molar refractivity (Wildman–Crippen MR) is 62.9 cm³/mol. The molecule has 0 spiro atoms. The maximum Gasteiger partial charge on any atom is 0.123 e. The van der Waals surface area contributed by atoms with Gasteiger partial charge in [-0.2, -0.15) is 0 Å². The third kappa shape index (κ3) is 5.39. The van der Waals surface area contributed by atoms with E-state index in [4.69, 9.17) is 0 Å². The minimum Gasteiger partial charge on any atom is -0.0744 e. The highest BCUT2D eigenvalue weighted by Crippen LogP contribution is 2.25. The molecule has 0 unspecified atom stereocenters. The molecule has 1 fully saturated rings. The van der Waals surface area contributed by atoms with Gasteiger partial charge in [0.15, 0.2) is 0 Å².